The zero-order valence-corrected chi connectivity index (χ0v) is 9.01. The van der Waals surface area contributed by atoms with Crippen molar-refractivity contribution in [3.8, 4) is 0 Å². The highest BCUT2D eigenvalue weighted by atomic mass is 16.5. The van der Waals surface area contributed by atoms with Crippen molar-refractivity contribution in [1.29, 1.82) is 0 Å². The van der Waals surface area contributed by atoms with Gasteiger partial charge in [0.1, 0.15) is 12.6 Å². The lowest BCUT2D eigenvalue weighted by atomic mass is 10.1. The molecule has 1 atom stereocenters. The van der Waals surface area contributed by atoms with Gasteiger partial charge in [-0.3, -0.25) is 9.78 Å². The molecule has 1 heterocycles. The van der Waals surface area contributed by atoms with Crippen LogP contribution in [0.3, 0.4) is 0 Å². The lowest BCUT2D eigenvalue weighted by molar-refractivity contribution is -0.147. The fourth-order valence-corrected chi connectivity index (χ4v) is 0.997. The van der Waals surface area contributed by atoms with Gasteiger partial charge in [0.15, 0.2) is 0 Å². The summed E-state index contributed by atoms with van der Waals surface area (Å²) in [4.78, 5) is 15.4. The summed E-state index contributed by atoms with van der Waals surface area (Å²) in [5, 5.41) is 0. The topological polar surface area (TPSA) is 65.2 Å². The molecule has 2 N–H and O–H groups in total. The zero-order chi connectivity index (χ0) is 11.3. The van der Waals surface area contributed by atoms with E-state index < -0.39 is 6.04 Å². The molecule has 0 bridgehead atoms. The van der Waals surface area contributed by atoms with E-state index in [9.17, 15) is 4.79 Å². The van der Waals surface area contributed by atoms with E-state index in [0.717, 1.165) is 5.69 Å². The van der Waals surface area contributed by atoms with Crippen LogP contribution in [0, 0.1) is 5.92 Å². The predicted octanol–water partition coefficient (Wildman–Crippen LogP) is 1.11. The van der Waals surface area contributed by atoms with Gasteiger partial charge in [-0.25, -0.2) is 0 Å². The van der Waals surface area contributed by atoms with Crippen LogP contribution in [0.1, 0.15) is 19.5 Å². The van der Waals surface area contributed by atoms with Crippen molar-refractivity contribution >= 4 is 5.97 Å². The molecule has 0 aliphatic carbocycles. The summed E-state index contributed by atoms with van der Waals surface area (Å²) in [7, 11) is 0. The summed E-state index contributed by atoms with van der Waals surface area (Å²) in [6, 6.07) is 4.89. The zero-order valence-electron chi connectivity index (χ0n) is 9.01. The largest absolute Gasteiger partial charge is 0.458 e. The molecule has 0 saturated carbocycles. The summed E-state index contributed by atoms with van der Waals surface area (Å²) in [5.41, 5.74) is 6.35. The minimum Gasteiger partial charge on any atom is -0.458 e. The van der Waals surface area contributed by atoms with E-state index in [2.05, 4.69) is 4.98 Å². The van der Waals surface area contributed by atoms with Crippen molar-refractivity contribution in [2.24, 2.45) is 11.7 Å². The molecule has 0 aromatic carbocycles. The normalized spacial score (nSPS) is 12.5. The molecule has 82 valence electrons. The second kappa shape index (κ2) is 5.46. The van der Waals surface area contributed by atoms with Gasteiger partial charge in [-0.15, -0.1) is 0 Å². The van der Waals surface area contributed by atoms with Gasteiger partial charge >= 0.3 is 5.97 Å². The Morgan fingerprint density at radius 2 is 2.27 bits per heavy atom. The fourth-order valence-electron chi connectivity index (χ4n) is 0.997. The molecular formula is C11H16N2O2. The van der Waals surface area contributed by atoms with Crippen LogP contribution in [0.25, 0.3) is 0 Å². The summed E-state index contributed by atoms with van der Waals surface area (Å²) < 4.78 is 5.02. The van der Waals surface area contributed by atoms with Gasteiger partial charge in [0, 0.05) is 6.20 Å². The second-order valence-corrected chi connectivity index (χ2v) is 3.70. The number of pyridine rings is 1. The van der Waals surface area contributed by atoms with Gasteiger partial charge in [-0.2, -0.15) is 0 Å². The number of aromatic nitrogens is 1. The molecule has 0 radical (unpaired) electrons. The monoisotopic (exact) mass is 208 g/mol. The van der Waals surface area contributed by atoms with Gasteiger partial charge in [0.05, 0.1) is 5.69 Å². The lowest BCUT2D eigenvalue weighted by Gasteiger charge is -2.13. The summed E-state index contributed by atoms with van der Waals surface area (Å²) >= 11 is 0. The second-order valence-electron chi connectivity index (χ2n) is 3.70. The van der Waals surface area contributed by atoms with E-state index in [1.165, 1.54) is 0 Å². The molecule has 1 rings (SSSR count). The Bertz CT molecular complexity index is 312. The van der Waals surface area contributed by atoms with Crippen LogP contribution < -0.4 is 5.73 Å². The Labute approximate surface area is 89.5 Å². The Kier molecular flexibility index (Phi) is 4.24. The molecule has 0 amide bonds. The predicted molar refractivity (Wildman–Crippen MR) is 56.8 cm³/mol. The van der Waals surface area contributed by atoms with Gasteiger partial charge in [-0.1, -0.05) is 19.9 Å². The van der Waals surface area contributed by atoms with Gasteiger partial charge < -0.3 is 10.5 Å². The smallest absolute Gasteiger partial charge is 0.323 e. The van der Waals surface area contributed by atoms with E-state index >= 15 is 0 Å². The highest BCUT2D eigenvalue weighted by Gasteiger charge is 2.18. The summed E-state index contributed by atoms with van der Waals surface area (Å²) in [6.07, 6.45) is 1.66. The number of hydrogen-bond acceptors (Lipinski definition) is 4. The third kappa shape index (κ3) is 3.67. The van der Waals surface area contributed by atoms with Crippen LogP contribution in [-0.2, 0) is 16.1 Å². The number of ether oxygens (including phenoxy) is 1. The third-order valence-corrected chi connectivity index (χ3v) is 2.08. The van der Waals surface area contributed by atoms with Crippen LogP contribution in [0.2, 0.25) is 0 Å². The van der Waals surface area contributed by atoms with E-state index in [1.807, 2.05) is 26.0 Å². The number of rotatable bonds is 4. The molecule has 0 spiro atoms. The quantitative estimate of drug-likeness (QED) is 0.753. The highest BCUT2D eigenvalue weighted by Crippen LogP contribution is 2.03. The van der Waals surface area contributed by atoms with Gasteiger partial charge in [-0.05, 0) is 18.1 Å². The maximum atomic E-state index is 11.4. The van der Waals surface area contributed by atoms with Crippen LogP contribution in [-0.4, -0.2) is 17.0 Å². The highest BCUT2D eigenvalue weighted by molar-refractivity contribution is 5.75. The molecule has 0 fully saturated rings. The lowest BCUT2D eigenvalue weighted by Crippen LogP contribution is -2.36. The number of nitrogens with zero attached hydrogens (tertiary/aromatic N) is 1. The Hall–Kier alpha value is -1.42. The first-order chi connectivity index (χ1) is 7.11. The average molecular weight is 208 g/mol. The minimum atomic E-state index is -0.561. The van der Waals surface area contributed by atoms with E-state index in [0.29, 0.717) is 0 Å². The van der Waals surface area contributed by atoms with E-state index in [-0.39, 0.29) is 18.5 Å². The summed E-state index contributed by atoms with van der Waals surface area (Å²) in [5.74, 6) is -0.295. The van der Waals surface area contributed by atoms with Crippen LogP contribution in [0.5, 0.6) is 0 Å². The van der Waals surface area contributed by atoms with Crippen LogP contribution in [0.15, 0.2) is 24.4 Å². The van der Waals surface area contributed by atoms with Crippen LogP contribution >= 0.6 is 0 Å². The average Bonchev–Trinajstić information content (AvgIpc) is 2.26. The SMILES string of the molecule is CC(C)[C@@H](N)C(=O)OCc1ccccn1. The molecule has 0 saturated heterocycles. The molecule has 4 heteroatoms. The summed E-state index contributed by atoms with van der Waals surface area (Å²) in [6.45, 7) is 3.94. The molecule has 0 aliphatic heterocycles. The molecule has 0 unspecified atom stereocenters. The maximum absolute atomic E-state index is 11.4. The Balaban J connectivity index is 2.41. The fraction of sp³-hybridized carbons (Fsp3) is 0.455. The van der Waals surface area contributed by atoms with Crippen LogP contribution in [0.4, 0.5) is 0 Å². The maximum Gasteiger partial charge on any atom is 0.323 e. The number of carbonyl (C=O) groups is 1. The first-order valence-corrected chi connectivity index (χ1v) is 4.93. The Morgan fingerprint density at radius 3 is 2.80 bits per heavy atom. The minimum absolute atomic E-state index is 0.0845. The standard InChI is InChI=1S/C11H16N2O2/c1-8(2)10(12)11(14)15-7-9-5-3-4-6-13-9/h3-6,8,10H,7,12H2,1-2H3/t10-/m1/s1. The third-order valence-electron chi connectivity index (χ3n) is 2.08. The van der Waals surface area contributed by atoms with Crippen molar-refractivity contribution in [3.63, 3.8) is 0 Å². The molecule has 4 nitrogen and oxygen atoms in total. The van der Waals surface area contributed by atoms with Crippen molar-refractivity contribution in [2.75, 3.05) is 0 Å². The number of carbonyl (C=O) groups excluding carboxylic acids is 1. The van der Waals surface area contributed by atoms with Gasteiger partial charge in [0.2, 0.25) is 0 Å². The first-order valence-electron chi connectivity index (χ1n) is 4.93. The number of hydrogen-bond donors (Lipinski definition) is 1. The molecule has 15 heavy (non-hydrogen) atoms. The van der Waals surface area contributed by atoms with Crippen molar-refractivity contribution in [2.45, 2.75) is 26.5 Å². The first kappa shape index (κ1) is 11.7. The van der Waals surface area contributed by atoms with Crippen molar-refractivity contribution < 1.29 is 9.53 Å². The Morgan fingerprint density at radius 1 is 1.53 bits per heavy atom. The van der Waals surface area contributed by atoms with Gasteiger partial charge in [0.25, 0.3) is 0 Å². The molecular weight excluding hydrogens is 192 g/mol. The molecule has 1 aromatic heterocycles. The van der Waals surface area contributed by atoms with Crippen molar-refractivity contribution in [3.05, 3.63) is 30.1 Å². The van der Waals surface area contributed by atoms with Crippen molar-refractivity contribution in [1.82, 2.24) is 4.98 Å². The molecule has 0 aliphatic rings. The number of esters is 1. The number of nitrogens with two attached hydrogens (primary N) is 1. The van der Waals surface area contributed by atoms with E-state index in [1.54, 1.807) is 12.3 Å². The van der Waals surface area contributed by atoms with E-state index in [4.69, 9.17) is 10.5 Å². The molecule has 1 aromatic rings.